The van der Waals surface area contributed by atoms with Crippen LogP contribution in [0.2, 0.25) is 0 Å². The number of carbonyl (C=O) groups is 1. The summed E-state index contributed by atoms with van der Waals surface area (Å²) in [6.45, 7) is 4.89. The average Bonchev–Trinajstić information content (AvgIpc) is 2.54. The molecular weight excluding hydrogens is 324 g/mol. The molecule has 1 N–H and O–H groups in total. The molecule has 0 spiro atoms. The van der Waals surface area contributed by atoms with Crippen LogP contribution in [0.1, 0.15) is 18.9 Å². The van der Waals surface area contributed by atoms with Crippen molar-refractivity contribution in [1.29, 1.82) is 0 Å². The molecule has 124 valence electrons. The Morgan fingerprint density at radius 1 is 1.18 bits per heavy atom. The zero-order valence-corrected chi connectivity index (χ0v) is 14.4. The molecule has 0 aliphatic carbocycles. The third kappa shape index (κ3) is 4.97. The second-order valence-electron chi connectivity index (χ2n) is 5.18. The highest BCUT2D eigenvalue weighted by Crippen LogP contribution is 2.14. The Bertz CT molecular complexity index is 581. The van der Waals surface area contributed by atoms with Crippen LogP contribution in [0.15, 0.2) is 29.2 Å². The molecule has 1 aliphatic rings. The maximum Gasteiger partial charge on any atom is 0.222 e. The van der Waals surface area contributed by atoms with Crippen LogP contribution < -0.4 is 5.32 Å². The van der Waals surface area contributed by atoms with Crippen LogP contribution in [0.4, 0.5) is 0 Å². The van der Waals surface area contributed by atoms with E-state index in [2.05, 4.69) is 5.32 Å². The molecule has 0 bridgehead atoms. The molecule has 1 aromatic carbocycles. The summed E-state index contributed by atoms with van der Waals surface area (Å²) in [6.07, 6.45) is 1.12. The van der Waals surface area contributed by atoms with Crippen molar-refractivity contribution in [3.05, 3.63) is 29.8 Å². The van der Waals surface area contributed by atoms with Crippen molar-refractivity contribution in [3.8, 4) is 0 Å². The number of sulfone groups is 1. The SMILES string of the molecule is CCS(=O)(=O)c1ccc(CCC(=O)N2CCNCC2)cc1.Cl. The van der Waals surface area contributed by atoms with Crippen LogP contribution in [-0.4, -0.2) is 51.2 Å². The van der Waals surface area contributed by atoms with Crippen LogP contribution in [-0.2, 0) is 21.1 Å². The third-order valence-electron chi connectivity index (χ3n) is 3.76. The van der Waals surface area contributed by atoms with Crippen LogP contribution in [0, 0.1) is 0 Å². The highest BCUT2D eigenvalue weighted by atomic mass is 35.5. The molecule has 0 radical (unpaired) electrons. The maximum absolute atomic E-state index is 12.0. The van der Waals surface area contributed by atoms with E-state index in [1.165, 1.54) is 0 Å². The van der Waals surface area contributed by atoms with Gasteiger partial charge in [-0.1, -0.05) is 19.1 Å². The molecule has 22 heavy (non-hydrogen) atoms. The zero-order chi connectivity index (χ0) is 15.3. The molecule has 0 unspecified atom stereocenters. The second kappa shape index (κ2) is 8.50. The summed E-state index contributed by atoms with van der Waals surface area (Å²) < 4.78 is 23.4. The summed E-state index contributed by atoms with van der Waals surface area (Å²) in [7, 11) is -3.15. The molecule has 1 amide bonds. The molecule has 1 fully saturated rings. The number of nitrogens with one attached hydrogen (secondary N) is 1. The third-order valence-corrected chi connectivity index (χ3v) is 5.51. The second-order valence-corrected chi connectivity index (χ2v) is 7.46. The smallest absolute Gasteiger partial charge is 0.222 e. The van der Waals surface area contributed by atoms with Gasteiger partial charge in [-0.2, -0.15) is 0 Å². The lowest BCUT2D eigenvalue weighted by atomic mass is 10.1. The monoisotopic (exact) mass is 346 g/mol. The summed E-state index contributed by atoms with van der Waals surface area (Å²) >= 11 is 0. The van der Waals surface area contributed by atoms with E-state index in [1.54, 1.807) is 31.2 Å². The molecule has 2 rings (SSSR count). The number of piperazine rings is 1. The predicted molar refractivity (Wildman–Crippen MR) is 89.2 cm³/mol. The van der Waals surface area contributed by atoms with Gasteiger partial charge >= 0.3 is 0 Å². The summed E-state index contributed by atoms with van der Waals surface area (Å²) in [5.74, 6) is 0.273. The lowest BCUT2D eigenvalue weighted by molar-refractivity contribution is -0.131. The molecule has 1 heterocycles. The van der Waals surface area contributed by atoms with Gasteiger partial charge in [0.05, 0.1) is 10.6 Å². The van der Waals surface area contributed by atoms with Gasteiger partial charge in [0.2, 0.25) is 5.91 Å². The van der Waals surface area contributed by atoms with Gasteiger partial charge < -0.3 is 10.2 Å². The van der Waals surface area contributed by atoms with Crippen molar-refractivity contribution in [1.82, 2.24) is 10.2 Å². The molecule has 5 nitrogen and oxygen atoms in total. The minimum Gasteiger partial charge on any atom is -0.340 e. The summed E-state index contributed by atoms with van der Waals surface area (Å²) in [4.78, 5) is 14.3. The normalized spacial score (nSPS) is 15.2. The number of hydrogen-bond donors (Lipinski definition) is 1. The largest absolute Gasteiger partial charge is 0.340 e. The van der Waals surface area contributed by atoms with Gasteiger partial charge in [-0.3, -0.25) is 4.79 Å². The van der Waals surface area contributed by atoms with Crippen molar-refractivity contribution in [2.75, 3.05) is 31.9 Å². The number of carbonyl (C=O) groups excluding carboxylic acids is 1. The van der Waals surface area contributed by atoms with Crippen molar-refractivity contribution in [2.45, 2.75) is 24.7 Å². The van der Waals surface area contributed by atoms with Crippen molar-refractivity contribution in [2.24, 2.45) is 0 Å². The average molecular weight is 347 g/mol. The lowest BCUT2D eigenvalue weighted by Crippen LogP contribution is -2.46. The van der Waals surface area contributed by atoms with E-state index in [-0.39, 0.29) is 24.1 Å². The first-order valence-corrected chi connectivity index (χ1v) is 8.98. The van der Waals surface area contributed by atoms with Gasteiger partial charge in [-0.05, 0) is 24.1 Å². The number of amides is 1. The van der Waals surface area contributed by atoms with Gasteiger partial charge in [-0.25, -0.2) is 8.42 Å². The minimum absolute atomic E-state index is 0. The van der Waals surface area contributed by atoms with E-state index < -0.39 is 9.84 Å². The van der Waals surface area contributed by atoms with E-state index in [0.717, 1.165) is 31.7 Å². The number of hydrogen-bond acceptors (Lipinski definition) is 4. The molecule has 1 aromatic rings. The van der Waals surface area contributed by atoms with Crippen LogP contribution >= 0.6 is 12.4 Å². The molecule has 1 aliphatic heterocycles. The molecular formula is C15H23ClN2O3S. The summed E-state index contributed by atoms with van der Waals surface area (Å²) in [5, 5.41) is 3.22. The first-order valence-electron chi connectivity index (χ1n) is 7.33. The summed E-state index contributed by atoms with van der Waals surface area (Å²) in [5.41, 5.74) is 0.994. The Morgan fingerprint density at radius 3 is 2.32 bits per heavy atom. The zero-order valence-electron chi connectivity index (χ0n) is 12.7. The van der Waals surface area contributed by atoms with Gasteiger partial charge in [0.15, 0.2) is 9.84 Å². The number of benzene rings is 1. The number of nitrogens with zero attached hydrogens (tertiary/aromatic N) is 1. The first kappa shape index (κ1) is 18.9. The van der Waals surface area contributed by atoms with E-state index in [0.29, 0.717) is 17.7 Å². The van der Waals surface area contributed by atoms with Gasteiger partial charge in [0, 0.05) is 32.6 Å². The fraction of sp³-hybridized carbons (Fsp3) is 0.533. The molecule has 0 atom stereocenters. The van der Waals surface area contributed by atoms with Crippen LogP contribution in [0.5, 0.6) is 0 Å². The Morgan fingerprint density at radius 2 is 1.77 bits per heavy atom. The highest BCUT2D eigenvalue weighted by Gasteiger charge is 2.16. The predicted octanol–water partition coefficient (Wildman–Crippen LogP) is 1.27. The van der Waals surface area contributed by atoms with E-state index in [1.807, 2.05) is 4.90 Å². The first-order chi connectivity index (χ1) is 10.0. The van der Waals surface area contributed by atoms with Crippen molar-refractivity contribution in [3.63, 3.8) is 0 Å². The van der Waals surface area contributed by atoms with Gasteiger partial charge in [0.1, 0.15) is 0 Å². The molecule has 1 saturated heterocycles. The maximum atomic E-state index is 12.0. The summed E-state index contributed by atoms with van der Waals surface area (Å²) in [6, 6.07) is 6.86. The van der Waals surface area contributed by atoms with E-state index in [4.69, 9.17) is 0 Å². The topological polar surface area (TPSA) is 66.5 Å². The van der Waals surface area contributed by atoms with Crippen molar-refractivity contribution >= 4 is 28.2 Å². The number of aryl methyl sites for hydroxylation is 1. The van der Waals surface area contributed by atoms with E-state index >= 15 is 0 Å². The fourth-order valence-corrected chi connectivity index (χ4v) is 3.24. The Balaban J connectivity index is 0.00000242. The Hall–Kier alpha value is -1.11. The van der Waals surface area contributed by atoms with E-state index in [9.17, 15) is 13.2 Å². The minimum atomic E-state index is -3.15. The molecule has 0 aromatic heterocycles. The lowest BCUT2D eigenvalue weighted by Gasteiger charge is -2.27. The Labute approximate surface area is 138 Å². The highest BCUT2D eigenvalue weighted by molar-refractivity contribution is 7.91. The molecule has 0 saturated carbocycles. The number of halogens is 1. The quantitative estimate of drug-likeness (QED) is 0.871. The standard InChI is InChI=1S/C15H22N2O3S.ClH/c1-2-21(19,20)14-6-3-13(4-7-14)5-8-15(18)17-11-9-16-10-12-17;/h3-4,6-7,16H,2,5,8-12H2,1H3;1H. The van der Waals surface area contributed by atoms with Crippen molar-refractivity contribution < 1.29 is 13.2 Å². The van der Waals surface area contributed by atoms with Gasteiger partial charge in [0.25, 0.3) is 0 Å². The molecule has 7 heteroatoms. The van der Waals surface area contributed by atoms with Crippen LogP contribution in [0.3, 0.4) is 0 Å². The van der Waals surface area contributed by atoms with Crippen LogP contribution in [0.25, 0.3) is 0 Å². The fourth-order valence-electron chi connectivity index (χ4n) is 2.35. The number of rotatable bonds is 5. The Kier molecular flexibility index (Phi) is 7.32. The van der Waals surface area contributed by atoms with Gasteiger partial charge in [-0.15, -0.1) is 12.4 Å².